The molecule has 1 aliphatic rings. The van der Waals surface area contributed by atoms with Crippen molar-refractivity contribution in [3.63, 3.8) is 0 Å². The molecule has 0 amide bonds. The number of piperazine rings is 1. The summed E-state index contributed by atoms with van der Waals surface area (Å²) < 4.78 is 11.6. The van der Waals surface area contributed by atoms with Gasteiger partial charge in [0.2, 0.25) is 5.89 Å². The molecular weight excluding hydrogens is 366 g/mol. The minimum Gasteiger partial charge on any atom is -0.492 e. The van der Waals surface area contributed by atoms with Gasteiger partial charge >= 0.3 is 0 Å². The van der Waals surface area contributed by atoms with E-state index in [1.54, 1.807) is 6.33 Å². The van der Waals surface area contributed by atoms with Crippen molar-refractivity contribution >= 4 is 16.9 Å². The molecule has 0 radical (unpaired) electrons. The fourth-order valence-electron chi connectivity index (χ4n) is 3.49. The largest absolute Gasteiger partial charge is 0.492 e. The van der Waals surface area contributed by atoms with E-state index in [-0.39, 0.29) is 0 Å². The molecule has 0 N–H and O–H groups in total. The Balaban J connectivity index is 1.37. The minimum absolute atomic E-state index is 0.499. The van der Waals surface area contributed by atoms with Crippen LogP contribution in [0, 0.1) is 26.2 Å². The maximum absolute atomic E-state index is 5.96. The normalized spacial score (nSPS) is 14.9. The van der Waals surface area contributed by atoms with Crippen molar-refractivity contribution in [2.45, 2.75) is 26.8 Å². The van der Waals surface area contributed by atoms with Gasteiger partial charge in [-0.25, -0.2) is 15.0 Å². The lowest BCUT2D eigenvalue weighted by molar-refractivity contribution is 0.228. The lowest BCUT2D eigenvalue weighted by atomic mass is 10.2. The van der Waals surface area contributed by atoms with Gasteiger partial charge in [-0.2, -0.15) is 0 Å². The van der Waals surface area contributed by atoms with Crippen LogP contribution in [0.5, 0.6) is 5.75 Å². The van der Waals surface area contributed by atoms with E-state index in [1.165, 1.54) is 0 Å². The van der Waals surface area contributed by atoms with Crippen molar-refractivity contribution in [2.75, 3.05) is 37.7 Å². The summed E-state index contributed by atoms with van der Waals surface area (Å²) in [6.45, 7) is 9.00. The number of benzene rings is 1. The van der Waals surface area contributed by atoms with Crippen LogP contribution in [-0.4, -0.2) is 52.6 Å². The molecule has 7 nitrogen and oxygen atoms in total. The maximum Gasteiger partial charge on any atom is 0.209 e. The monoisotopic (exact) mass is 391 g/mol. The fourth-order valence-corrected chi connectivity index (χ4v) is 3.49. The Bertz CT molecular complexity index is 1030. The molecule has 1 fully saturated rings. The predicted molar refractivity (Wildman–Crippen MR) is 112 cm³/mol. The Morgan fingerprint density at radius 2 is 2.00 bits per heavy atom. The van der Waals surface area contributed by atoms with Crippen LogP contribution < -0.4 is 9.64 Å². The maximum atomic E-state index is 5.96. The smallest absolute Gasteiger partial charge is 0.209 e. The topological polar surface area (TPSA) is 67.5 Å². The van der Waals surface area contributed by atoms with Crippen molar-refractivity contribution in [3.8, 4) is 18.1 Å². The van der Waals surface area contributed by atoms with Gasteiger partial charge in [0.05, 0.1) is 13.2 Å². The number of rotatable bonds is 6. The summed E-state index contributed by atoms with van der Waals surface area (Å²) in [7, 11) is 0. The molecule has 0 aliphatic carbocycles. The van der Waals surface area contributed by atoms with Gasteiger partial charge in [-0.05, 0) is 26.0 Å². The van der Waals surface area contributed by atoms with Crippen molar-refractivity contribution in [3.05, 3.63) is 41.7 Å². The standard InChI is InChI=1S/C22H25N5O2/c1-4-5-12-28-18-6-7-19-20(13-18)29-21(25-19)14-26-8-10-27(11-9-26)22-16(2)17(3)23-15-24-22/h1,6-7,13,15H,5,8-12,14H2,2-3H3. The van der Waals surface area contributed by atoms with Gasteiger partial charge in [-0.15, -0.1) is 12.3 Å². The van der Waals surface area contributed by atoms with Crippen LogP contribution in [-0.2, 0) is 6.54 Å². The number of oxazole rings is 1. The van der Waals surface area contributed by atoms with E-state index in [9.17, 15) is 0 Å². The highest BCUT2D eigenvalue weighted by Crippen LogP contribution is 2.24. The number of fused-ring (bicyclic) bond motifs is 1. The molecule has 0 atom stereocenters. The summed E-state index contributed by atoms with van der Waals surface area (Å²) in [5.74, 6) is 5.08. The molecule has 3 aromatic rings. The Labute approximate surface area is 170 Å². The number of aromatic nitrogens is 3. The van der Waals surface area contributed by atoms with Crippen molar-refractivity contribution in [2.24, 2.45) is 0 Å². The fraction of sp³-hybridized carbons (Fsp3) is 0.409. The van der Waals surface area contributed by atoms with Crippen LogP contribution in [0.4, 0.5) is 5.82 Å². The van der Waals surface area contributed by atoms with Crippen LogP contribution in [0.1, 0.15) is 23.6 Å². The van der Waals surface area contributed by atoms with Gasteiger partial charge in [-0.1, -0.05) is 0 Å². The van der Waals surface area contributed by atoms with E-state index in [2.05, 4.69) is 37.6 Å². The first-order valence-corrected chi connectivity index (χ1v) is 9.85. The van der Waals surface area contributed by atoms with Crippen molar-refractivity contribution in [1.29, 1.82) is 0 Å². The average Bonchev–Trinajstić information content (AvgIpc) is 3.12. The molecular formula is C22H25N5O2. The van der Waals surface area contributed by atoms with Gasteiger partial charge < -0.3 is 14.1 Å². The van der Waals surface area contributed by atoms with Gasteiger partial charge in [0.15, 0.2) is 5.58 Å². The first-order chi connectivity index (χ1) is 14.1. The lowest BCUT2D eigenvalue weighted by Crippen LogP contribution is -2.46. The number of hydrogen-bond donors (Lipinski definition) is 0. The van der Waals surface area contributed by atoms with Gasteiger partial charge in [0.1, 0.15) is 23.4 Å². The molecule has 7 heteroatoms. The minimum atomic E-state index is 0.499. The third-order valence-electron chi connectivity index (χ3n) is 5.26. The molecule has 3 heterocycles. The molecule has 1 saturated heterocycles. The molecule has 4 rings (SSSR count). The number of hydrogen-bond acceptors (Lipinski definition) is 7. The molecule has 0 unspecified atom stereocenters. The molecule has 29 heavy (non-hydrogen) atoms. The summed E-state index contributed by atoms with van der Waals surface area (Å²) in [5, 5.41) is 0. The first kappa shape index (κ1) is 19.2. The highest BCUT2D eigenvalue weighted by Gasteiger charge is 2.21. The number of terminal acetylenes is 1. The van der Waals surface area contributed by atoms with E-state index in [0.29, 0.717) is 19.6 Å². The van der Waals surface area contributed by atoms with E-state index in [1.807, 2.05) is 25.1 Å². The average molecular weight is 391 g/mol. The van der Waals surface area contributed by atoms with Gasteiger partial charge in [0.25, 0.3) is 0 Å². The molecule has 1 aromatic carbocycles. The Kier molecular flexibility index (Phi) is 5.63. The zero-order valence-corrected chi connectivity index (χ0v) is 16.9. The van der Waals surface area contributed by atoms with Crippen LogP contribution >= 0.6 is 0 Å². The van der Waals surface area contributed by atoms with Gasteiger partial charge in [0, 0.05) is 49.9 Å². The van der Waals surface area contributed by atoms with Crippen LogP contribution in [0.25, 0.3) is 11.1 Å². The molecule has 1 aliphatic heterocycles. The summed E-state index contributed by atoms with van der Waals surface area (Å²) in [5.41, 5.74) is 3.77. The summed E-state index contributed by atoms with van der Waals surface area (Å²) in [4.78, 5) is 18.0. The molecule has 0 spiro atoms. The van der Waals surface area contributed by atoms with Crippen LogP contribution in [0.3, 0.4) is 0 Å². The molecule has 2 aromatic heterocycles. The third-order valence-corrected chi connectivity index (χ3v) is 5.26. The van der Waals surface area contributed by atoms with E-state index < -0.39 is 0 Å². The summed E-state index contributed by atoms with van der Waals surface area (Å²) in [6.07, 6.45) is 7.49. The quantitative estimate of drug-likeness (QED) is 0.473. The SMILES string of the molecule is C#CCCOc1ccc2nc(CN3CCN(c4ncnc(C)c4C)CC3)oc2c1. The Morgan fingerprint density at radius 1 is 1.17 bits per heavy atom. The number of anilines is 1. The second-order valence-corrected chi connectivity index (χ2v) is 7.21. The van der Waals surface area contributed by atoms with Crippen LogP contribution in [0.15, 0.2) is 28.9 Å². The van der Waals surface area contributed by atoms with Gasteiger partial charge in [-0.3, -0.25) is 4.90 Å². The Hall–Kier alpha value is -3.11. The summed E-state index contributed by atoms with van der Waals surface area (Å²) in [6, 6.07) is 5.70. The van der Waals surface area contributed by atoms with E-state index in [0.717, 1.165) is 66.0 Å². The molecule has 0 saturated carbocycles. The number of aryl methyl sites for hydroxylation is 1. The molecule has 150 valence electrons. The van der Waals surface area contributed by atoms with E-state index in [4.69, 9.17) is 15.6 Å². The molecule has 0 bridgehead atoms. The Morgan fingerprint density at radius 3 is 2.79 bits per heavy atom. The first-order valence-electron chi connectivity index (χ1n) is 9.85. The van der Waals surface area contributed by atoms with Crippen LogP contribution in [0.2, 0.25) is 0 Å². The summed E-state index contributed by atoms with van der Waals surface area (Å²) >= 11 is 0. The zero-order chi connectivity index (χ0) is 20.2. The second-order valence-electron chi connectivity index (χ2n) is 7.21. The van der Waals surface area contributed by atoms with Crippen molar-refractivity contribution in [1.82, 2.24) is 19.9 Å². The highest BCUT2D eigenvalue weighted by atomic mass is 16.5. The second kappa shape index (κ2) is 8.50. The lowest BCUT2D eigenvalue weighted by Gasteiger charge is -2.35. The third kappa shape index (κ3) is 4.33. The zero-order valence-electron chi connectivity index (χ0n) is 16.9. The van der Waals surface area contributed by atoms with E-state index >= 15 is 0 Å². The van der Waals surface area contributed by atoms with Crippen molar-refractivity contribution < 1.29 is 9.15 Å². The predicted octanol–water partition coefficient (Wildman–Crippen LogP) is 2.96. The number of nitrogens with zero attached hydrogens (tertiary/aromatic N) is 5. The number of ether oxygens (including phenoxy) is 1. The highest BCUT2D eigenvalue weighted by molar-refractivity contribution is 5.74.